The van der Waals surface area contributed by atoms with Crippen molar-refractivity contribution in [2.45, 2.75) is 13.0 Å². The molecule has 1 atom stereocenters. The molecule has 0 spiro atoms. The molecule has 0 radical (unpaired) electrons. The van der Waals surface area contributed by atoms with Crippen LogP contribution in [0.4, 0.5) is 11.4 Å². The van der Waals surface area contributed by atoms with Crippen LogP contribution in [-0.2, 0) is 0 Å². The molecule has 6 heteroatoms. The van der Waals surface area contributed by atoms with Gasteiger partial charge in [-0.15, -0.1) is 0 Å². The molecule has 0 aliphatic rings. The predicted molar refractivity (Wildman–Crippen MR) is 84.2 cm³/mol. The Bertz CT molecular complexity index is 611. The van der Waals surface area contributed by atoms with Crippen molar-refractivity contribution in [1.82, 2.24) is 0 Å². The maximum Gasteiger partial charge on any atom is 0.269 e. The van der Waals surface area contributed by atoms with E-state index >= 15 is 0 Å². The zero-order valence-electron chi connectivity index (χ0n) is 12.2. The van der Waals surface area contributed by atoms with Crippen molar-refractivity contribution in [2.75, 3.05) is 18.5 Å². The number of aliphatic hydroxyl groups excluding tert-OH is 1. The Morgan fingerprint density at radius 2 is 1.82 bits per heavy atom. The van der Waals surface area contributed by atoms with Crippen LogP contribution >= 0.6 is 0 Å². The van der Waals surface area contributed by atoms with Gasteiger partial charge in [0.2, 0.25) is 0 Å². The van der Waals surface area contributed by atoms with Crippen LogP contribution in [0.15, 0.2) is 48.5 Å². The number of nitro groups is 1. The molecule has 0 aromatic heterocycles. The second-order valence-electron chi connectivity index (χ2n) is 4.81. The minimum atomic E-state index is -0.410. The summed E-state index contributed by atoms with van der Waals surface area (Å²) >= 11 is 0. The number of non-ortho nitro benzene ring substituents is 1. The number of nitrogens with one attached hydrogen (secondary N) is 1. The summed E-state index contributed by atoms with van der Waals surface area (Å²) in [7, 11) is 0. The Morgan fingerprint density at radius 3 is 2.36 bits per heavy atom. The highest BCUT2D eigenvalue weighted by Gasteiger charge is 2.09. The summed E-state index contributed by atoms with van der Waals surface area (Å²) in [6.45, 7) is 2.24. The van der Waals surface area contributed by atoms with E-state index in [4.69, 9.17) is 9.84 Å². The standard InChI is InChI=1S/C16H18N2O4/c1-12(13-2-6-15(7-3-13)18(20)21)17-14-4-8-16(9-5-14)22-11-10-19/h2-9,12,17,19H,10-11H2,1H3. The Kier molecular flexibility index (Phi) is 5.32. The lowest BCUT2D eigenvalue weighted by Gasteiger charge is -2.16. The van der Waals surface area contributed by atoms with Crippen molar-refractivity contribution < 1.29 is 14.8 Å². The fraction of sp³-hybridized carbons (Fsp3) is 0.250. The maximum absolute atomic E-state index is 10.6. The van der Waals surface area contributed by atoms with Gasteiger partial charge in [-0.2, -0.15) is 0 Å². The monoisotopic (exact) mass is 302 g/mol. The van der Waals surface area contributed by atoms with E-state index in [2.05, 4.69) is 5.32 Å². The zero-order valence-corrected chi connectivity index (χ0v) is 12.2. The number of rotatable bonds is 7. The lowest BCUT2D eigenvalue weighted by molar-refractivity contribution is -0.384. The van der Waals surface area contributed by atoms with E-state index < -0.39 is 4.92 Å². The van der Waals surface area contributed by atoms with Gasteiger partial charge < -0.3 is 15.2 Å². The first kappa shape index (κ1) is 15.8. The molecule has 0 heterocycles. The van der Waals surface area contributed by atoms with E-state index in [1.807, 2.05) is 31.2 Å². The largest absolute Gasteiger partial charge is 0.491 e. The fourth-order valence-electron chi connectivity index (χ4n) is 2.03. The number of benzene rings is 2. The Balaban J connectivity index is 1.98. The SMILES string of the molecule is CC(Nc1ccc(OCCO)cc1)c1ccc([N+](=O)[O-])cc1. The molecule has 2 aromatic carbocycles. The van der Waals surface area contributed by atoms with E-state index in [9.17, 15) is 10.1 Å². The van der Waals surface area contributed by atoms with Crippen molar-refractivity contribution in [3.8, 4) is 5.75 Å². The number of aliphatic hydroxyl groups is 1. The smallest absolute Gasteiger partial charge is 0.269 e. The molecular formula is C16H18N2O4. The number of nitrogens with zero attached hydrogens (tertiary/aromatic N) is 1. The normalized spacial score (nSPS) is 11.7. The quantitative estimate of drug-likeness (QED) is 0.606. The van der Waals surface area contributed by atoms with Gasteiger partial charge in [-0.25, -0.2) is 0 Å². The third-order valence-electron chi connectivity index (χ3n) is 3.20. The van der Waals surface area contributed by atoms with Gasteiger partial charge in [-0.1, -0.05) is 12.1 Å². The van der Waals surface area contributed by atoms with E-state index in [-0.39, 0.29) is 24.9 Å². The first-order valence-corrected chi connectivity index (χ1v) is 6.95. The van der Waals surface area contributed by atoms with Crippen LogP contribution in [0.1, 0.15) is 18.5 Å². The average molecular weight is 302 g/mol. The van der Waals surface area contributed by atoms with Crippen LogP contribution in [0.25, 0.3) is 0 Å². The number of nitro benzene ring substituents is 1. The van der Waals surface area contributed by atoms with Crippen molar-refractivity contribution in [2.24, 2.45) is 0 Å². The highest BCUT2D eigenvalue weighted by atomic mass is 16.6. The van der Waals surface area contributed by atoms with Crippen LogP contribution in [-0.4, -0.2) is 23.2 Å². The summed E-state index contributed by atoms with van der Waals surface area (Å²) in [5.41, 5.74) is 1.97. The van der Waals surface area contributed by atoms with Crippen molar-refractivity contribution in [1.29, 1.82) is 0 Å². The van der Waals surface area contributed by atoms with Crippen molar-refractivity contribution in [3.63, 3.8) is 0 Å². The molecule has 22 heavy (non-hydrogen) atoms. The molecule has 0 saturated heterocycles. The van der Waals surface area contributed by atoms with Gasteiger partial charge in [0.1, 0.15) is 12.4 Å². The van der Waals surface area contributed by atoms with Crippen LogP contribution in [0, 0.1) is 10.1 Å². The lowest BCUT2D eigenvalue weighted by atomic mass is 10.1. The van der Waals surface area contributed by atoms with Crippen LogP contribution < -0.4 is 10.1 Å². The topological polar surface area (TPSA) is 84.6 Å². The molecule has 2 aromatic rings. The number of ether oxygens (including phenoxy) is 1. The number of hydrogen-bond acceptors (Lipinski definition) is 5. The van der Waals surface area contributed by atoms with Gasteiger partial charge in [0.05, 0.1) is 11.5 Å². The molecule has 2 N–H and O–H groups in total. The summed E-state index contributed by atoms with van der Waals surface area (Å²) in [5, 5.41) is 22.7. The van der Waals surface area contributed by atoms with Crippen LogP contribution in [0.2, 0.25) is 0 Å². The van der Waals surface area contributed by atoms with Gasteiger partial charge in [-0.05, 0) is 36.8 Å². The molecule has 2 rings (SSSR count). The highest BCUT2D eigenvalue weighted by molar-refractivity contribution is 5.48. The van der Waals surface area contributed by atoms with Crippen molar-refractivity contribution >= 4 is 11.4 Å². The number of anilines is 1. The summed E-state index contributed by atoms with van der Waals surface area (Å²) in [6.07, 6.45) is 0. The molecular weight excluding hydrogens is 284 g/mol. The zero-order chi connectivity index (χ0) is 15.9. The molecule has 1 unspecified atom stereocenters. The predicted octanol–water partition coefficient (Wildman–Crippen LogP) is 3.14. The molecule has 116 valence electrons. The molecule has 0 bridgehead atoms. The third-order valence-corrected chi connectivity index (χ3v) is 3.20. The van der Waals surface area contributed by atoms with E-state index in [1.54, 1.807) is 12.1 Å². The summed E-state index contributed by atoms with van der Waals surface area (Å²) < 4.78 is 5.29. The molecule has 0 fully saturated rings. The summed E-state index contributed by atoms with van der Waals surface area (Å²) in [6, 6.07) is 13.9. The van der Waals surface area contributed by atoms with Gasteiger partial charge >= 0.3 is 0 Å². The minimum Gasteiger partial charge on any atom is -0.491 e. The fourth-order valence-corrected chi connectivity index (χ4v) is 2.03. The van der Waals surface area contributed by atoms with Gasteiger partial charge in [0, 0.05) is 23.9 Å². The summed E-state index contributed by atoms with van der Waals surface area (Å²) in [4.78, 5) is 10.2. The van der Waals surface area contributed by atoms with Crippen molar-refractivity contribution in [3.05, 3.63) is 64.2 Å². The second kappa shape index (κ2) is 7.42. The number of hydrogen-bond donors (Lipinski definition) is 2. The third kappa shape index (κ3) is 4.20. The first-order chi connectivity index (χ1) is 10.6. The van der Waals surface area contributed by atoms with Gasteiger partial charge in [0.25, 0.3) is 5.69 Å². The van der Waals surface area contributed by atoms with E-state index in [0.29, 0.717) is 5.75 Å². The molecule has 0 aliphatic carbocycles. The second-order valence-corrected chi connectivity index (χ2v) is 4.81. The van der Waals surface area contributed by atoms with Gasteiger partial charge in [-0.3, -0.25) is 10.1 Å². The lowest BCUT2D eigenvalue weighted by Crippen LogP contribution is -2.07. The molecule has 0 amide bonds. The Morgan fingerprint density at radius 1 is 1.18 bits per heavy atom. The van der Waals surface area contributed by atoms with Crippen LogP contribution in [0.5, 0.6) is 5.75 Å². The molecule has 6 nitrogen and oxygen atoms in total. The van der Waals surface area contributed by atoms with E-state index in [0.717, 1.165) is 11.3 Å². The Hall–Kier alpha value is -2.60. The Labute approximate surface area is 128 Å². The minimum absolute atomic E-state index is 0.0167. The van der Waals surface area contributed by atoms with Gasteiger partial charge in [0.15, 0.2) is 0 Å². The average Bonchev–Trinajstić information content (AvgIpc) is 2.54. The van der Waals surface area contributed by atoms with E-state index in [1.165, 1.54) is 12.1 Å². The highest BCUT2D eigenvalue weighted by Crippen LogP contribution is 2.23. The molecule has 0 aliphatic heterocycles. The molecule has 0 saturated carbocycles. The first-order valence-electron chi connectivity index (χ1n) is 6.95. The summed E-state index contributed by atoms with van der Waals surface area (Å²) in [5.74, 6) is 0.697. The van der Waals surface area contributed by atoms with Crippen LogP contribution in [0.3, 0.4) is 0 Å². The maximum atomic E-state index is 10.6.